The molecule has 0 saturated carbocycles. The van der Waals surface area contributed by atoms with Crippen molar-refractivity contribution in [2.75, 3.05) is 5.73 Å². The standard InChI is InChI=1S/C9H8BrNOS/c10-8-2-6(11)1-7-5(3-12)4-13-9(7)8/h1-2,4,12H,3,11H2. The highest BCUT2D eigenvalue weighted by Gasteiger charge is 2.06. The smallest absolute Gasteiger partial charge is 0.0696 e. The van der Waals surface area contributed by atoms with Crippen LogP contribution in [0, 0.1) is 0 Å². The number of hydrogen-bond acceptors (Lipinski definition) is 3. The Balaban J connectivity index is 2.82. The lowest BCUT2D eigenvalue weighted by Gasteiger charge is -1.98. The zero-order valence-corrected chi connectivity index (χ0v) is 9.15. The molecule has 0 bridgehead atoms. The topological polar surface area (TPSA) is 46.2 Å². The van der Waals surface area contributed by atoms with Gasteiger partial charge in [0.25, 0.3) is 0 Å². The SMILES string of the molecule is Nc1cc(Br)c2scc(CO)c2c1. The number of anilines is 1. The fourth-order valence-electron chi connectivity index (χ4n) is 1.29. The molecule has 0 fully saturated rings. The quantitative estimate of drug-likeness (QED) is 0.772. The molecule has 1 heterocycles. The van der Waals surface area contributed by atoms with Gasteiger partial charge in [0.15, 0.2) is 0 Å². The van der Waals surface area contributed by atoms with Crippen molar-refractivity contribution in [2.24, 2.45) is 0 Å². The molecule has 0 saturated heterocycles. The van der Waals surface area contributed by atoms with E-state index in [1.807, 2.05) is 17.5 Å². The van der Waals surface area contributed by atoms with E-state index < -0.39 is 0 Å². The molecule has 4 heteroatoms. The van der Waals surface area contributed by atoms with Gasteiger partial charge in [-0.15, -0.1) is 11.3 Å². The van der Waals surface area contributed by atoms with Gasteiger partial charge in [-0.25, -0.2) is 0 Å². The number of fused-ring (bicyclic) bond motifs is 1. The third-order valence-electron chi connectivity index (χ3n) is 1.90. The molecule has 0 aliphatic carbocycles. The Labute approximate surface area is 88.1 Å². The minimum atomic E-state index is 0.0654. The van der Waals surface area contributed by atoms with Gasteiger partial charge < -0.3 is 10.8 Å². The molecule has 1 aromatic heterocycles. The molecule has 2 aromatic rings. The predicted octanol–water partition coefficient (Wildman–Crippen LogP) is 2.74. The maximum atomic E-state index is 9.06. The largest absolute Gasteiger partial charge is 0.399 e. The number of halogens is 1. The van der Waals surface area contributed by atoms with Crippen LogP contribution in [-0.2, 0) is 6.61 Å². The Bertz CT molecular complexity index is 452. The molecule has 13 heavy (non-hydrogen) atoms. The van der Waals surface area contributed by atoms with Gasteiger partial charge in [-0.05, 0) is 39.0 Å². The van der Waals surface area contributed by atoms with Crippen LogP contribution in [0.25, 0.3) is 10.1 Å². The maximum absolute atomic E-state index is 9.06. The normalized spacial score (nSPS) is 10.9. The molecule has 2 rings (SSSR count). The van der Waals surface area contributed by atoms with Gasteiger partial charge in [0.1, 0.15) is 0 Å². The number of nitrogen functional groups attached to an aromatic ring is 1. The number of benzene rings is 1. The molecule has 0 unspecified atom stereocenters. The van der Waals surface area contributed by atoms with Crippen LogP contribution in [0.2, 0.25) is 0 Å². The van der Waals surface area contributed by atoms with Crippen molar-refractivity contribution in [1.29, 1.82) is 0 Å². The summed E-state index contributed by atoms with van der Waals surface area (Å²) in [4.78, 5) is 0. The Hall–Kier alpha value is -0.580. The maximum Gasteiger partial charge on any atom is 0.0696 e. The minimum absolute atomic E-state index is 0.0654. The summed E-state index contributed by atoms with van der Waals surface area (Å²) in [5.41, 5.74) is 7.35. The third kappa shape index (κ3) is 1.45. The summed E-state index contributed by atoms with van der Waals surface area (Å²) in [6, 6.07) is 3.77. The molecule has 0 amide bonds. The molecular weight excluding hydrogens is 250 g/mol. The van der Waals surface area contributed by atoms with Gasteiger partial charge in [-0.2, -0.15) is 0 Å². The van der Waals surface area contributed by atoms with Gasteiger partial charge in [-0.3, -0.25) is 0 Å². The number of thiophene rings is 1. The van der Waals surface area contributed by atoms with E-state index >= 15 is 0 Å². The molecule has 0 radical (unpaired) electrons. The molecule has 1 aromatic carbocycles. The average molecular weight is 258 g/mol. The molecular formula is C9H8BrNOS. The highest BCUT2D eigenvalue weighted by molar-refractivity contribution is 9.10. The molecule has 3 N–H and O–H groups in total. The van der Waals surface area contributed by atoms with Crippen molar-refractivity contribution < 1.29 is 5.11 Å². The average Bonchev–Trinajstić information content (AvgIpc) is 2.47. The third-order valence-corrected chi connectivity index (χ3v) is 3.87. The Morgan fingerprint density at radius 1 is 1.46 bits per heavy atom. The monoisotopic (exact) mass is 257 g/mol. The second-order valence-corrected chi connectivity index (χ2v) is 4.53. The lowest BCUT2D eigenvalue weighted by atomic mass is 10.2. The molecule has 2 nitrogen and oxygen atoms in total. The van der Waals surface area contributed by atoms with Crippen LogP contribution >= 0.6 is 27.3 Å². The molecule has 0 atom stereocenters. The zero-order valence-electron chi connectivity index (χ0n) is 6.75. The van der Waals surface area contributed by atoms with E-state index in [9.17, 15) is 0 Å². The highest BCUT2D eigenvalue weighted by atomic mass is 79.9. The Morgan fingerprint density at radius 2 is 2.23 bits per heavy atom. The van der Waals surface area contributed by atoms with Crippen molar-refractivity contribution in [3.05, 3.63) is 27.5 Å². The van der Waals surface area contributed by atoms with Crippen molar-refractivity contribution in [3.8, 4) is 0 Å². The van der Waals surface area contributed by atoms with E-state index in [0.717, 1.165) is 20.1 Å². The van der Waals surface area contributed by atoms with Gasteiger partial charge in [0.2, 0.25) is 0 Å². The van der Waals surface area contributed by atoms with Crippen LogP contribution in [0.5, 0.6) is 0 Å². The lowest BCUT2D eigenvalue weighted by Crippen LogP contribution is -1.85. The lowest BCUT2D eigenvalue weighted by molar-refractivity contribution is 0.284. The first-order chi connectivity index (χ1) is 6.22. The first-order valence-corrected chi connectivity index (χ1v) is 5.45. The van der Waals surface area contributed by atoms with E-state index in [1.165, 1.54) is 0 Å². The van der Waals surface area contributed by atoms with Crippen LogP contribution < -0.4 is 5.73 Å². The predicted molar refractivity (Wildman–Crippen MR) is 59.9 cm³/mol. The number of aliphatic hydroxyl groups excluding tert-OH is 1. The first-order valence-electron chi connectivity index (χ1n) is 3.78. The fourth-order valence-corrected chi connectivity index (χ4v) is 3.00. The second kappa shape index (κ2) is 3.29. The summed E-state index contributed by atoms with van der Waals surface area (Å²) in [6.45, 7) is 0.0654. The van der Waals surface area contributed by atoms with Crippen LogP contribution in [0.15, 0.2) is 22.0 Å². The van der Waals surface area contributed by atoms with Crippen molar-refractivity contribution in [3.63, 3.8) is 0 Å². The van der Waals surface area contributed by atoms with Crippen LogP contribution in [0.1, 0.15) is 5.56 Å². The number of hydrogen-bond donors (Lipinski definition) is 2. The fraction of sp³-hybridized carbons (Fsp3) is 0.111. The summed E-state index contributed by atoms with van der Waals surface area (Å²) in [6.07, 6.45) is 0. The summed E-state index contributed by atoms with van der Waals surface area (Å²) in [5, 5.41) is 12.1. The summed E-state index contributed by atoms with van der Waals surface area (Å²) >= 11 is 5.05. The Morgan fingerprint density at radius 3 is 2.92 bits per heavy atom. The van der Waals surface area contributed by atoms with E-state index in [4.69, 9.17) is 10.8 Å². The number of aliphatic hydroxyl groups is 1. The Kier molecular flexibility index (Phi) is 2.27. The number of rotatable bonds is 1. The first kappa shape index (κ1) is 8.99. The summed E-state index contributed by atoms with van der Waals surface area (Å²) in [5.74, 6) is 0. The van der Waals surface area contributed by atoms with Crippen molar-refractivity contribution in [1.82, 2.24) is 0 Å². The van der Waals surface area contributed by atoms with Crippen LogP contribution in [-0.4, -0.2) is 5.11 Å². The van der Waals surface area contributed by atoms with E-state index in [-0.39, 0.29) is 6.61 Å². The van der Waals surface area contributed by atoms with Gasteiger partial charge >= 0.3 is 0 Å². The highest BCUT2D eigenvalue weighted by Crippen LogP contribution is 2.34. The van der Waals surface area contributed by atoms with Crippen LogP contribution in [0.4, 0.5) is 5.69 Å². The van der Waals surface area contributed by atoms with Gasteiger partial charge in [0, 0.05) is 20.2 Å². The number of nitrogens with two attached hydrogens (primary N) is 1. The molecule has 0 aliphatic heterocycles. The van der Waals surface area contributed by atoms with E-state index in [1.54, 1.807) is 11.3 Å². The van der Waals surface area contributed by atoms with Crippen molar-refractivity contribution >= 4 is 43.0 Å². The van der Waals surface area contributed by atoms with E-state index in [2.05, 4.69) is 15.9 Å². The molecule has 0 spiro atoms. The van der Waals surface area contributed by atoms with Gasteiger partial charge in [0.05, 0.1) is 6.61 Å². The second-order valence-electron chi connectivity index (χ2n) is 2.80. The molecule has 68 valence electrons. The van der Waals surface area contributed by atoms with Crippen molar-refractivity contribution in [2.45, 2.75) is 6.61 Å². The van der Waals surface area contributed by atoms with Crippen LogP contribution in [0.3, 0.4) is 0 Å². The van der Waals surface area contributed by atoms with Gasteiger partial charge in [-0.1, -0.05) is 0 Å². The molecule has 0 aliphatic rings. The summed E-state index contributed by atoms with van der Waals surface area (Å²) < 4.78 is 2.13. The minimum Gasteiger partial charge on any atom is -0.399 e. The summed E-state index contributed by atoms with van der Waals surface area (Å²) in [7, 11) is 0. The zero-order chi connectivity index (χ0) is 9.42. The van der Waals surface area contributed by atoms with E-state index in [0.29, 0.717) is 5.69 Å².